The fourth-order valence-corrected chi connectivity index (χ4v) is 2.34. The molecular formula is C17H19FO2. The van der Waals surface area contributed by atoms with Crippen LogP contribution in [0.25, 0.3) is 0 Å². The van der Waals surface area contributed by atoms with Gasteiger partial charge in [-0.05, 0) is 48.1 Å². The van der Waals surface area contributed by atoms with Crippen molar-refractivity contribution in [2.75, 3.05) is 13.7 Å². The summed E-state index contributed by atoms with van der Waals surface area (Å²) in [7, 11) is 1.65. The van der Waals surface area contributed by atoms with E-state index in [4.69, 9.17) is 4.74 Å². The molecule has 0 amide bonds. The van der Waals surface area contributed by atoms with Crippen LogP contribution in [0.4, 0.5) is 4.39 Å². The first-order valence-electron chi connectivity index (χ1n) is 6.70. The zero-order valence-corrected chi connectivity index (χ0v) is 11.6. The summed E-state index contributed by atoms with van der Waals surface area (Å²) < 4.78 is 18.2. The Morgan fingerprint density at radius 3 is 2.40 bits per heavy atom. The maximum atomic E-state index is 12.9. The van der Waals surface area contributed by atoms with Gasteiger partial charge in [0.05, 0.1) is 7.11 Å². The molecule has 2 aromatic carbocycles. The molecule has 2 aromatic rings. The fourth-order valence-electron chi connectivity index (χ4n) is 2.34. The molecule has 20 heavy (non-hydrogen) atoms. The van der Waals surface area contributed by atoms with Crippen LogP contribution in [0.2, 0.25) is 0 Å². The zero-order chi connectivity index (χ0) is 14.4. The van der Waals surface area contributed by atoms with E-state index in [2.05, 4.69) is 0 Å². The van der Waals surface area contributed by atoms with Gasteiger partial charge in [-0.1, -0.05) is 30.3 Å². The van der Waals surface area contributed by atoms with Crippen LogP contribution in [0.3, 0.4) is 0 Å². The largest absolute Gasteiger partial charge is 0.496 e. The van der Waals surface area contributed by atoms with E-state index in [1.807, 2.05) is 24.3 Å². The van der Waals surface area contributed by atoms with Crippen molar-refractivity contribution in [2.24, 2.45) is 5.92 Å². The van der Waals surface area contributed by atoms with Gasteiger partial charge >= 0.3 is 0 Å². The average molecular weight is 274 g/mol. The number of hydrogen-bond donors (Lipinski definition) is 1. The topological polar surface area (TPSA) is 29.5 Å². The highest BCUT2D eigenvalue weighted by atomic mass is 19.1. The van der Waals surface area contributed by atoms with Crippen molar-refractivity contribution in [3.8, 4) is 5.75 Å². The van der Waals surface area contributed by atoms with Crippen LogP contribution in [-0.4, -0.2) is 18.8 Å². The molecule has 0 aromatic heterocycles. The lowest BCUT2D eigenvalue weighted by atomic mass is 9.93. The summed E-state index contributed by atoms with van der Waals surface area (Å²) in [5, 5.41) is 9.55. The second-order valence-electron chi connectivity index (χ2n) is 4.90. The Morgan fingerprint density at radius 1 is 1.05 bits per heavy atom. The molecule has 0 saturated carbocycles. The Hall–Kier alpha value is -1.87. The second-order valence-corrected chi connectivity index (χ2v) is 4.90. The normalized spacial score (nSPS) is 12.2. The smallest absolute Gasteiger partial charge is 0.123 e. The Bertz CT molecular complexity index is 537. The maximum Gasteiger partial charge on any atom is 0.123 e. The summed E-state index contributed by atoms with van der Waals surface area (Å²) in [5.74, 6) is 0.695. The van der Waals surface area contributed by atoms with E-state index in [0.29, 0.717) is 0 Å². The highest BCUT2D eigenvalue weighted by molar-refractivity contribution is 5.33. The number of benzene rings is 2. The molecule has 0 aliphatic rings. The third-order valence-electron chi connectivity index (χ3n) is 3.40. The molecular weight excluding hydrogens is 255 g/mol. The number of methoxy groups -OCH3 is 1. The number of rotatable bonds is 6. The van der Waals surface area contributed by atoms with Gasteiger partial charge in [-0.25, -0.2) is 4.39 Å². The van der Waals surface area contributed by atoms with E-state index in [0.717, 1.165) is 29.7 Å². The van der Waals surface area contributed by atoms with E-state index in [-0.39, 0.29) is 18.3 Å². The molecule has 0 bridgehead atoms. The first-order chi connectivity index (χ1) is 9.72. The van der Waals surface area contributed by atoms with Gasteiger partial charge in [-0.3, -0.25) is 0 Å². The summed E-state index contributed by atoms with van der Waals surface area (Å²) in [6.45, 7) is 0.0927. The lowest BCUT2D eigenvalue weighted by molar-refractivity contribution is 0.224. The van der Waals surface area contributed by atoms with Crippen LogP contribution in [0.15, 0.2) is 48.5 Å². The van der Waals surface area contributed by atoms with Crippen molar-refractivity contribution in [3.05, 3.63) is 65.5 Å². The monoisotopic (exact) mass is 274 g/mol. The number of halogens is 1. The van der Waals surface area contributed by atoms with Crippen molar-refractivity contribution < 1.29 is 14.2 Å². The molecule has 106 valence electrons. The summed E-state index contributed by atoms with van der Waals surface area (Å²) in [4.78, 5) is 0. The van der Waals surface area contributed by atoms with Gasteiger partial charge in [-0.2, -0.15) is 0 Å². The molecule has 0 saturated heterocycles. The van der Waals surface area contributed by atoms with Gasteiger partial charge in [0, 0.05) is 6.61 Å². The third kappa shape index (κ3) is 3.81. The predicted molar refractivity (Wildman–Crippen MR) is 77.4 cm³/mol. The zero-order valence-electron chi connectivity index (χ0n) is 11.6. The Morgan fingerprint density at radius 2 is 1.75 bits per heavy atom. The number of hydrogen-bond acceptors (Lipinski definition) is 2. The average Bonchev–Trinajstić information content (AvgIpc) is 2.49. The van der Waals surface area contributed by atoms with Gasteiger partial charge in [0.25, 0.3) is 0 Å². The highest BCUT2D eigenvalue weighted by Gasteiger charge is 2.12. The van der Waals surface area contributed by atoms with E-state index >= 15 is 0 Å². The van der Waals surface area contributed by atoms with Gasteiger partial charge in [-0.15, -0.1) is 0 Å². The molecule has 0 spiro atoms. The Labute approximate surface area is 118 Å². The maximum absolute atomic E-state index is 12.9. The molecule has 1 N–H and O–H groups in total. The summed E-state index contributed by atoms with van der Waals surface area (Å²) in [6, 6.07) is 14.2. The van der Waals surface area contributed by atoms with E-state index in [1.54, 1.807) is 19.2 Å². The van der Waals surface area contributed by atoms with E-state index < -0.39 is 0 Å². The van der Waals surface area contributed by atoms with Gasteiger partial charge in [0.2, 0.25) is 0 Å². The molecule has 0 radical (unpaired) electrons. The van der Waals surface area contributed by atoms with Crippen LogP contribution < -0.4 is 4.74 Å². The lowest BCUT2D eigenvalue weighted by Gasteiger charge is -2.16. The molecule has 0 fully saturated rings. The SMILES string of the molecule is COc1ccccc1CC(CO)Cc1ccc(F)cc1. The predicted octanol–water partition coefficient (Wildman–Crippen LogP) is 3.23. The molecule has 0 aliphatic heterocycles. The summed E-state index contributed by atoms with van der Waals surface area (Å²) >= 11 is 0. The minimum absolute atomic E-state index is 0.0927. The molecule has 3 heteroatoms. The standard InChI is InChI=1S/C17H19FO2/c1-20-17-5-3-2-4-15(17)11-14(12-19)10-13-6-8-16(18)9-7-13/h2-9,14,19H,10-12H2,1H3. The van der Waals surface area contributed by atoms with E-state index in [1.165, 1.54) is 12.1 Å². The van der Waals surface area contributed by atoms with Crippen molar-refractivity contribution in [3.63, 3.8) is 0 Å². The summed E-state index contributed by atoms with van der Waals surface area (Å²) in [6.07, 6.45) is 1.45. The second kappa shape index (κ2) is 7.06. The Kier molecular flexibility index (Phi) is 5.13. The van der Waals surface area contributed by atoms with Crippen LogP contribution in [0, 0.1) is 11.7 Å². The van der Waals surface area contributed by atoms with Crippen molar-refractivity contribution in [1.29, 1.82) is 0 Å². The molecule has 0 aliphatic carbocycles. The van der Waals surface area contributed by atoms with Crippen molar-refractivity contribution in [2.45, 2.75) is 12.8 Å². The fraction of sp³-hybridized carbons (Fsp3) is 0.294. The Balaban J connectivity index is 2.07. The van der Waals surface area contributed by atoms with Gasteiger partial charge in [0.1, 0.15) is 11.6 Å². The third-order valence-corrected chi connectivity index (χ3v) is 3.40. The van der Waals surface area contributed by atoms with Crippen LogP contribution in [0.5, 0.6) is 5.75 Å². The number of aliphatic hydroxyl groups excluding tert-OH is 1. The van der Waals surface area contributed by atoms with Crippen molar-refractivity contribution in [1.82, 2.24) is 0 Å². The molecule has 2 rings (SSSR count). The quantitative estimate of drug-likeness (QED) is 0.876. The highest BCUT2D eigenvalue weighted by Crippen LogP contribution is 2.22. The van der Waals surface area contributed by atoms with Gasteiger partial charge in [0.15, 0.2) is 0 Å². The number of ether oxygens (including phenoxy) is 1. The summed E-state index contributed by atoms with van der Waals surface area (Å²) in [5.41, 5.74) is 2.11. The molecule has 1 atom stereocenters. The van der Waals surface area contributed by atoms with Gasteiger partial charge < -0.3 is 9.84 Å². The van der Waals surface area contributed by atoms with Crippen molar-refractivity contribution >= 4 is 0 Å². The van der Waals surface area contributed by atoms with Crippen LogP contribution >= 0.6 is 0 Å². The first kappa shape index (κ1) is 14.5. The first-order valence-corrected chi connectivity index (χ1v) is 6.70. The minimum Gasteiger partial charge on any atom is -0.496 e. The van der Waals surface area contributed by atoms with Crippen LogP contribution in [-0.2, 0) is 12.8 Å². The molecule has 1 unspecified atom stereocenters. The van der Waals surface area contributed by atoms with E-state index in [9.17, 15) is 9.50 Å². The van der Waals surface area contributed by atoms with Crippen LogP contribution in [0.1, 0.15) is 11.1 Å². The molecule has 2 nitrogen and oxygen atoms in total. The lowest BCUT2D eigenvalue weighted by Crippen LogP contribution is -2.13. The molecule has 0 heterocycles. The number of para-hydroxylation sites is 1. The number of aliphatic hydroxyl groups is 1. The minimum atomic E-state index is -0.237.